The van der Waals surface area contributed by atoms with Crippen molar-refractivity contribution < 1.29 is 4.79 Å². The number of likely N-dealkylation sites (tertiary alicyclic amines) is 1. The van der Waals surface area contributed by atoms with Crippen molar-refractivity contribution in [1.29, 1.82) is 0 Å². The zero-order valence-corrected chi connectivity index (χ0v) is 14.8. The third-order valence-electron chi connectivity index (χ3n) is 5.71. The first-order valence-electron chi connectivity index (χ1n) is 9.71. The van der Waals surface area contributed by atoms with E-state index in [2.05, 4.69) is 28.4 Å². The van der Waals surface area contributed by atoms with Crippen LogP contribution in [0.5, 0.6) is 0 Å². The molecule has 0 radical (unpaired) electrons. The average molecular weight is 337 g/mol. The van der Waals surface area contributed by atoms with Gasteiger partial charge in [-0.3, -0.25) is 4.79 Å². The Morgan fingerprint density at radius 2 is 1.72 bits per heavy atom. The second-order valence-corrected chi connectivity index (χ2v) is 7.47. The minimum Gasteiger partial charge on any atom is -0.367 e. The van der Waals surface area contributed by atoms with Crippen LogP contribution in [0, 0.1) is 5.92 Å². The SMILES string of the molecule is O=C(C1CCCCC1)N1CCC(Nc2ccc3ccccc3n2)CC1. The van der Waals surface area contributed by atoms with Crippen LogP contribution in [0.4, 0.5) is 5.82 Å². The van der Waals surface area contributed by atoms with Gasteiger partial charge in [-0.05, 0) is 43.9 Å². The molecule has 2 fully saturated rings. The quantitative estimate of drug-likeness (QED) is 0.912. The molecular weight excluding hydrogens is 310 g/mol. The molecule has 1 aliphatic carbocycles. The first kappa shape index (κ1) is 16.4. The van der Waals surface area contributed by atoms with Crippen LogP contribution in [-0.2, 0) is 4.79 Å². The molecule has 132 valence electrons. The van der Waals surface area contributed by atoms with Crippen LogP contribution in [0.25, 0.3) is 10.9 Å². The number of pyridine rings is 1. The number of hydrogen-bond donors (Lipinski definition) is 1. The summed E-state index contributed by atoms with van der Waals surface area (Å²) in [5.41, 5.74) is 1.03. The van der Waals surface area contributed by atoms with E-state index in [-0.39, 0.29) is 0 Å². The minimum absolute atomic E-state index is 0.292. The average Bonchev–Trinajstić information content (AvgIpc) is 2.69. The number of nitrogens with zero attached hydrogens (tertiary/aromatic N) is 2. The first-order chi connectivity index (χ1) is 12.3. The fourth-order valence-corrected chi connectivity index (χ4v) is 4.21. The van der Waals surface area contributed by atoms with E-state index in [0.29, 0.717) is 17.9 Å². The molecule has 1 N–H and O–H groups in total. The Kier molecular flexibility index (Phi) is 4.86. The lowest BCUT2D eigenvalue weighted by atomic mass is 9.87. The highest BCUT2D eigenvalue weighted by Crippen LogP contribution is 2.27. The number of carbonyl (C=O) groups is 1. The Bertz CT molecular complexity index is 731. The van der Waals surface area contributed by atoms with Crippen LogP contribution in [0.3, 0.4) is 0 Å². The maximum absolute atomic E-state index is 12.7. The summed E-state index contributed by atoms with van der Waals surface area (Å²) in [6.45, 7) is 1.75. The normalized spacial score (nSPS) is 19.9. The van der Waals surface area contributed by atoms with E-state index < -0.39 is 0 Å². The molecule has 1 amide bonds. The summed E-state index contributed by atoms with van der Waals surface area (Å²) in [5.74, 6) is 1.64. The molecule has 4 nitrogen and oxygen atoms in total. The van der Waals surface area contributed by atoms with Gasteiger partial charge in [-0.1, -0.05) is 37.5 Å². The maximum Gasteiger partial charge on any atom is 0.225 e. The molecule has 0 unspecified atom stereocenters. The van der Waals surface area contributed by atoms with E-state index in [9.17, 15) is 4.79 Å². The highest BCUT2D eigenvalue weighted by Gasteiger charge is 2.29. The molecule has 1 aliphatic heterocycles. The monoisotopic (exact) mass is 337 g/mol. The number of anilines is 1. The molecule has 1 aromatic carbocycles. The largest absolute Gasteiger partial charge is 0.367 e. The number of rotatable bonds is 3. The van der Waals surface area contributed by atoms with Crippen molar-refractivity contribution in [3.05, 3.63) is 36.4 Å². The zero-order valence-electron chi connectivity index (χ0n) is 14.8. The van der Waals surface area contributed by atoms with Gasteiger partial charge in [0.15, 0.2) is 0 Å². The second-order valence-electron chi connectivity index (χ2n) is 7.47. The number of piperidine rings is 1. The van der Waals surface area contributed by atoms with Gasteiger partial charge in [0.25, 0.3) is 0 Å². The van der Waals surface area contributed by atoms with Gasteiger partial charge in [-0.25, -0.2) is 4.98 Å². The summed E-state index contributed by atoms with van der Waals surface area (Å²) < 4.78 is 0. The lowest BCUT2D eigenvalue weighted by Crippen LogP contribution is -2.45. The van der Waals surface area contributed by atoms with Crippen LogP contribution in [0.15, 0.2) is 36.4 Å². The predicted molar refractivity (Wildman–Crippen MR) is 102 cm³/mol. The van der Waals surface area contributed by atoms with Gasteiger partial charge >= 0.3 is 0 Å². The van der Waals surface area contributed by atoms with Crippen molar-refractivity contribution >= 4 is 22.6 Å². The lowest BCUT2D eigenvalue weighted by molar-refractivity contribution is -0.137. The van der Waals surface area contributed by atoms with Crippen LogP contribution in [0.2, 0.25) is 0 Å². The standard InChI is InChI=1S/C21H27N3O/c25-21(17-7-2-1-3-8-17)24-14-12-18(13-15-24)22-20-11-10-16-6-4-5-9-19(16)23-20/h4-6,9-11,17-18H,1-3,7-8,12-15H2,(H,22,23). The molecule has 1 aromatic heterocycles. The molecule has 4 rings (SSSR count). The summed E-state index contributed by atoms with van der Waals surface area (Å²) in [5, 5.41) is 4.73. The van der Waals surface area contributed by atoms with E-state index in [1.807, 2.05) is 18.2 Å². The fourth-order valence-electron chi connectivity index (χ4n) is 4.21. The summed E-state index contributed by atoms with van der Waals surface area (Å²) >= 11 is 0. The third-order valence-corrected chi connectivity index (χ3v) is 5.71. The zero-order chi connectivity index (χ0) is 17.1. The van der Waals surface area contributed by atoms with Crippen molar-refractivity contribution in [3.63, 3.8) is 0 Å². The maximum atomic E-state index is 12.7. The third kappa shape index (κ3) is 3.78. The Morgan fingerprint density at radius 3 is 2.52 bits per heavy atom. The number of nitrogens with one attached hydrogen (secondary N) is 1. The second kappa shape index (κ2) is 7.42. The summed E-state index contributed by atoms with van der Waals surface area (Å²) in [6.07, 6.45) is 7.95. The van der Waals surface area contributed by atoms with Crippen molar-refractivity contribution in [2.75, 3.05) is 18.4 Å². The number of para-hydroxylation sites is 1. The molecule has 2 heterocycles. The van der Waals surface area contributed by atoms with E-state index in [0.717, 1.165) is 50.1 Å². The smallest absolute Gasteiger partial charge is 0.225 e. The number of carbonyl (C=O) groups excluding carboxylic acids is 1. The van der Waals surface area contributed by atoms with E-state index in [1.54, 1.807) is 0 Å². The van der Waals surface area contributed by atoms with Crippen molar-refractivity contribution in [2.45, 2.75) is 51.0 Å². The van der Waals surface area contributed by atoms with Gasteiger partial charge in [0.05, 0.1) is 5.52 Å². The molecule has 2 aromatic rings. The summed E-state index contributed by atoms with van der Waals surface area (Å²) in [4.78, 5) is 19.5. The van der Waals surface area contributed by atoms with Gasteiger partial charge in [0.1, 0.15) is 5.82 Å². The fraction of sp³-hybridized carbons (Fsp3) is 0.524. The molecule has 0 bridgehead atoms. The van der Waals surface area contributed by atoms with E-state index >= 15 is 0 Å². The van der Waals surface area contributed by atoms with Crippen molar-refractivity contribution in [2.24, 2.45) is 5.92 Å². The Balaban J connectivity index is 1.32. The number of hydrogen-bond acceptors (Lipinski definition) is 3. The molecular formula is C21H27N3O. The van der Waals surface area contributed by atoms with Crippen molar-refractivity contribution in [3.8, 4) is 0 Å². The molecule has 0 spiro atoms. The number of fused-ring (bicyclic) bond motifs is 1. The van der Waals surface area contributed by atoms with Crippen LogP contribution >= 0.6 is 0 Å². The molecule has 1 saturated carbocycles. The topological polar surface area (TPSA) is 45.2 Å². The van der Waals surface area contributed by atoms with Crippen LogP contribution in [0.1, 0.15) is 44.9 Å². The number of amides is 1. The Hall–Kier alpha value is -2.10. The highest BCUT2D eigenvalue weighted by molar-refractivity contribution is 5.80. The predicted octanol–water partition coefficient (Wildman–Crippen LogP) is 4.22. The number of benzene rings is 1. The minimum atomic E-state index is 0.292. The molecule has 2 aliphatic rings. The van der Waals surface area contributed by atoms with Gasteiger partial charge in [0.2, 0.25) is 5.91 Å². The van der Waals surface area contributed by atoms with Gasteiger partial charge in [-0.2, -0.15) is 0 Å². The van der Waals surface area contributed by atoms with Crippen molar-refractivity contribution in [1.82, 2.24) is 9.88 Å². The number of aromatic nitrogens is 1. The molecule has 0 atom stereocenters. The van der Waals surface area contributed by atoms with Gasteiger partial charge in [-0.15, -0.1) is 0 Å². The van der Waals surface area contributed by atoms with E-state index in [4.69, 9.17) is 4.98 Å². The first-order valence-corrected chi connectivity index (χ1v) is 9.71. The van der Waals surface area contributed by atoms with E-state index in [1.165, 1.54) is 24.6 Å². The van der Waals surface area contributed by atoms with Crippen LogP contribution < -0.4 is 5.32 Å². The summed E-state index contributed by atoms with van der Waals surface area (Å²) in [6, 6.07) is 12.8. The molecule has 25 heavy (non-hydrogen) atoms. The Labute approximate surface area is 149 Å². The highest BCUT2D eigenvalue weighted by atomic mass is 16.2. The molecule has 1 saturated heterocycles. The lowest BCUT2D eigenvalue weighted by Gasteiger charge is -2.35. The van der Waals surface area contributed by atoms with Gasteiger partial charge in [0, 0.05) is 30.4 Å². The van der Waals surface area contributed by atoms with Crippen LogP contribution in [-0.4, -0.2) is 34.9 Å². The Morgan fingerprint density at radius 1 is 0.960 bits per heavy atom. The molecule has 4 heteroatoms. The van der Waals surface area contributed by atoms with Gasteiger partial charge < -0.3 is 10.2 Å². The summed E-state index contributed by atoms with van der Waals surface area (Å²) in [7, 11) is 0.